The average Bonchev–Trinajstić information content (AvgIpc) is 2.47. The Kier molecular flexibility index (Phi) is 5.52. The SMILES string of the molecule is CN1C(=O)CC(NCCCOCCO)c2ccccc21. The van der Waals surface area contributed by atoms with E-state index in [4.69, 9.17) is 9.84 Å². The molecule has 2 rings (SSSR count). The van der Waals surface area contributed by atoms with Gasteiger partial charge in [0.05, 0.1) is 13.2 Å². The Balaban J connectivity index is 1.89. The summed E-state index contributed by atoms with van der Waals surface area (Å²) in [4.78, 5) is 13.7. The van der Waals surface area contributed by atoms with Gasteiger partial charge in [0, 0.05) is 31.8 Å². The first-order valence-electron chi connectivity index (χ1n) is 7.01. The lowest BCUT2D eigenvalue weighted by molar-refractivity contribution is -0.119. The second-order valence-corrected chi connectivity index (χ2v) is 4.91. The predicted molar refractivity (Wildman–Crippen MR) is 77.7 cm³/mol. The van der Waals surface area contributed by atoms with Crippen LogP contribution < -0.4 is 10.2 Å². The molecule has 1 heterocycles. The number of anilines is 1. The molecule has 0 radical (unpaired) electrons. The number of amides is 1. The second-order valence-electron chi connectivity index (χ2n) is 4.91. The van der Waals surface area contributed by atoms with E-state index in [0.717, 1.165) is 18.7 Å². The van der Waals surface area contributed by atoms with Gasteiger partial charge in [-0.15, -0.1) is 0 Å². The zero-order valence-electron chi connectivity index (χ0n) is 11.8. The molecule has 20 heavy (non-hydrogen) atoms. The Morgan fingerprint density at radius 1 is 1.40 bits per heavy atom. The van der Waals surface area contributed by atoms with Crippen LogP contribution in [0.2, 0.25) is 0 Å². The molecule has 1 aromatic carbocycles. The first kappa shape index (κ1) is 15.0. The van der Waals surface area contributed by atoms with Gasteiger partial charge in [0.1, 0.15) is 0 Å². The van der Waals surface area contributed by atoms with Crippen LogP contribution in [0.25, 0.3) is 0 Å². The molecule has 1 atom stereocenters. The first-order chi connectivity index (χ1) is 9.74. The van der Waals surface area contributed by atoms with Crippen LogP contribution in [-0.2, 0) is 9.53 Å². The highest BCUT2D eigenvalue weighted by molar-refractivity contribution is 5.96. The lowest BCUT2D eigenvalue weighted by Crippen LogP contribution is -2.38. The number of rotatable bonds is 7. The Bertz CT molecular complexity index is 450. The number of carbonyl (C=O) groups excluding carboxylic acids is 1. The van der Waals surface area contributed by atoms with Crippen molar-refractivity contribution < 1.29 is 14.6 Å². The molecule has 1 unspecified atom stereocenters. The third kappa shape index (κ3) is 3.56. The minimum absolute atomic E-state index is 0.0598. The van der Waals surface area contributed by atoms with Gasteiger partial charge in [-0.25, -0.2) is 0 Å². The van der Waals surface area contributed by atoms with Crippen LogP contribution in [0.1, 0.15) is 24.4 Å². The lowest BCUT2D eigenvalue weighted by Gasteiger charge is -2.32. The number of fused-ring (bicyclic) bond motifs is 1. The number of benzene rings is 1. The summed E-state index contributed by atoms with van der Waals surface area (Å²) in [5.74, 6) is 0.137. The molecule has 1 aromatic rings. The normalized spacial score (nSPS) is 18.2. The minimum Gasteiger partial charge on any atom is -0.394 e. The fraction of sp³-hybridized carbons (Fsp3) is 0.533. The van der Waals surface area contributed by atoms with Crippen molar-refractivity contribution >= 4 is 11.6 Å². The summed E-state index contributed by atoms with van der Waals surface area (Å²) in [6.45, 7) is 1.86. The maximum Gasteiger partial charge on any atom is 0.228 e. The number of hydrogen-bond donors (Lipinski definition) is 2. The van der Waals surface area contributed by atoms with Crippen LogP contribution in [0.5, 0.6) is 0 Å². The number of nitrogens with zero attached hydrogens (tertiary/aromatic N) is 1. The molecule has 2 N–H and O–H groups in total. The number of aliphatic hydroxyl groups excluding tert-OH is 1. The van der Waals surface area contributed by atoms with E-state index >= 15 is 0 Å². The highest BCUT2D eigenvalue weighted by Crippen LogP contribution is 2.33. The Morgan fingerprint density at radius 2 is 2.20 bits per heavy atom. The fourth-order valence-corrected chi connectivity index (χ4v) is 2.44. The van der Waals surface area contributed by atoms with E-state index < -0.39 is 0 Å². The van der Waals surface area contributed by atoms with E-state index in [-0.39, 0.29) is 18.6 Å². The van der Waals surface area contributed by atoms with Crippen molar-refractivity contribution in [2.45, 2.75) is 18.9 Å². The second kappa shape index (κ2) is 7.38. The molecule has 110 valence electrons. The van der Waals surface area contributed by atoms with Crippen molar-refractivity contribution in [3.63, 3.8) is 0 Å². The molecule has 0 spiro atoms. The molecule has 0 aromatic heterocycles. The molecule has 1 aliphatic rings. The summed E-state index contributed by atoms with van der Waals surface area (Å²) < 4.78 is 5.21. The maximum atomic E-state index is 12.0. The highest BCUT2D eigenvalue weighted by atomic mass is 16.5. The van der Waals surface area contributed by atoms with Crippen LogP contribution >= 0.6 is 0 Å². The van der Waals surface area contributed by atoms with Gasteiger partial charge in [-0.05, 0) is 24.6 Å². The van der Waals surface area contributed by atoms with E-state index in [1.807, 2.05) is 25.2 Å². The van der Waals surface area contributed by atoms with Crippen LogP contribution in [0.3, 0.4) is 0 Å². The quantitative estimate of drug-likeness (QED) is 0.733. The van der Waals surface area contributed by atoms with Crippen LogP contribution in [0.15, 0.2) is 24.3 Å². The van der Waals surface area contributed by atoms with Crippen molar-refractivity contribution in [3.05, 3.63) is 29.8 Å². The van der Waals surface area contributed by atoms with Gasteiger partial charge in [-0.2, -0.15) is 0 Å². The lowest BCUT2D eigenvalue weighted by atomic mass is 9.96. The molecule has 1 amide bonds. The van der Waals surface area contributed by atoms with Crippen LogP contribution in [-0.4, -0.2) is 44.4 Å². The molecular formula is C15H22N2O3. The summed E-state index contributed by atoms with van der Waals surface area (Å²) in [5.41, 5.74) is 2.16. The Morgan fingerprint density at radius 3 is 3.00 bits per heavy atom. The standard InChI is InChI=1S/C15H22N2O3/c1-17-14-6-3-2-5-12(14)13(11-15(17)19)16-7-4-9-20-10-8-18/h2-3,5-6,13,16,18H,4,7-11H2,1H3. The number of nitrogens with one attached hydrogen (secondary N) is 1. The third-order valence-electron chi connectivity index (χ3n) is 3.52. The summed E-state index contributed by atoms with van der Waals surface area (Å²) in [5, 5.41) is 12.0. The van der Waals surface area contributed by atoms with E-state index in [1.54, 1.807) is 4.90 Å². The zero-order valence-corrected chi connectivity index (χ0v) is 11.8. The van der Waals surface area contributed by atoms with Gasteiger partial charge in [-0.1, -0.05) is 18.2 Å². The predicted octanol–water partition coefficient (Wildman–Crippen LogP) is 1.08. The van der Waals surface area contributed by atoms with Crippen molar-refractivity contribution in [2.75, 3.05) is 38.3 Å². The van der Waals surface area contributed by atoms with Gasteiger partial charge in [0.25, 0.3) is 0 Å². The van der Waals surface area contributed by atoms with Gasteiger partial charge < -0.3 is 20.1 Å². The van der Waals surface area contributed by atoms with E-state index in [2.05, 4.69) is 11.4 Å². The monoisotopic (exact) mass is 278 g/mol. The number of aliphatic hydroxyl groups is 1. The fourth-order valence-electron chi connectivity index (χ4n) is 2.44. The first-order valence-corrected chi connectivity index (χ1v) is 7.01. The number of para-hydroxylation sites is 1. The number of carbonyl (C=O) groups is 1. The van der Waals surface area contributed by atoms with Crippen molar-refractivity contribution in [2.24, 2.45) is 0 Å². The maximum absolute atomic E-state index is 12.0. The molecule has 0 saturated carbocycles. The Labute approximate surface area is 119 Å². The summed E-state index contributed by atoms with van der Waals surface area (Å²) in [6, 6.07) is 8.08. The molecular weight excluding hydrogens is 256 g/mol. The molecule has 0 fully saturated rings. The topological polar surface area (TPSA) is 61.8 Å². The van der Waals surface area contributed by atoms with Crippen molar-refractivity contribution in [1.29, 1.82) is 0 Å². The van der Waals surface area contributed by atoms with Crippen molar-refractivity contribution in [3.8, 4) is 0 Å². The molecule has 1 aliphatic heterocycles. The molecule has 5 nitrogen and oxygen atoms in total. The average molecular weight is 278 g/mol. The summed E-state index contributed by atoms with van der Waals surface area (Å²) in [6.07, 6.45) is 1.35. The summed E-state index contributed by atoms with van der Waals surface area (Å²) in [7, 11) is 1.82. The van der Waals surface area contributed by atoms with E-state index in [9.17, 15) is 4.79 Å². The third-order valence-corrected chi connectivity index (χ3v) is 3.52. The largest absolute Gasteiger partial charge is 0.394 e. The van der Waals surface area contributed by atoms with Crippen molar-refractivity contribution in [1.82, 2.24) is 5.32 Å². The molecule has 0 aliphatic carbocycles. The smallest absolute Gasteiger partial charge is 0.228 e. The molecule has 0 saturated heterocycles. The van der Waals surface area contributed by atoms with Gasteiger partial charge in [0.15, 0.2) is 0 Å². The molecule has 0 bridgehead atoms. The van der Waals surface area contributed by atoms with Gasteiger partial charge in [-0.3, -0.25) is 4.79 Å². The van der Waals surface area contributed by atoms with Crippen LogP contribution in [0.4, 0.5) is 5.69 Å². The summed E-state index contributed by atoms with van der Waals surface area (Å²) >= 11 is 0. The number of hydrogen-bond acceptors (Lipinski definition) is 4. The zero-order chi connectivity index (χ0) is 14.4. The number of ether oxygens (including phenoxy) is 1. The minimum atomic E-state index is 0.0598. The van der Waals surface area contributed by atoms with Gasteiger partial charge in [0.2, 0.25) is 5.91 Å². The van der Waals surface area contributed by atoms with E-state index in [0.29, 0.717) is 19.6 Å². The van der Waals surface area contributed by atoms with Gasteiger partial charge >= 0.3 is 0 Å². The highest BCUT2D eigenvalue weighted by Gasteiger charge is 2.28. The molecule has 5 heteroatoms. The van der Waals surface area contributed by atoms with Crippen LogP contribution in [0, 0.1) is 0 Å². The van der Waals surface area contributed by atoms with E-state index in [1.165, 1.54) is 5.56 Å². The Hall–Kier alpha value is -1.43.